The third-order valence-electron chi connectivity index (χ3n) is 4.54. The summed E-state index contributed by atoms with van der Waals surface area (Å²) in [5.74, 6) is 0.731. The molecule has 0 saturated carbocycles. The molecule has 24 heavy (non-hydrogen) atoms. The largest absolute Gasteiger partial charge is 0.336 e. The minimum Gasteiger partial charge on any atom is -0.336 e. The first kappa shape index (κ1) is 18.1. The number of carbonyl (C=O) groups is 1. The van der Waals surface area contributed by atoms with Gasteiger partial charge in [0.25, 0.3) is 5.91 Å². The van der Waals surface area contributed by atoms with Crippen molar-refractivity contribution < 1.29 is 4.79 Å². The number of amides is 1. The van der Waals surface area contributed by atoms with Crippen LogP contribution in [0.15, 0.2) is 39.6 Å². The Labute approximate surface area is 144 Å². The SMILES string of the molecule is CCc1cccc(NN=NC(=NC)C(=O)N2CCC(CC)CC2)c1. The van der Waals surface area contributed by atoms with Crippen LogP contribution in [-0.2, 0) is 11.2 Å². The first-order valence-electron chi connectivity index (χ1n) is 8.69. The van der Waals surface area contributed by atoms with Gasteiger partial charge in [-0.15, -0.1) is 5.11 Å². The van der Waals surface area contributed by atoms with Crippen molar-refractivity contribution >= 4 is 17.4 Å². The lowest BCUT2D eigenvalue weighted by Gasteiger charge is -2.31. The highest BCUT2D eigenvalue weighted by molar-refractivity contribution is 6.38. The summed E-state index contributed by atoms with van der Waals surface area (Å²) < 4.78 is 0. The molecule has 1 aliphatic heterocycles. The van der Waals surface area contributed by atoms with E-state index in [4.69, 9.17) is 0 Å². The second-order valence-electron chi connectivity index (χ2n) is 6.06. The van der Waals surface area contributed by atoms with Crippen LogP contribution in [0.5, 0.6) is 0 Å². The fourth-order valence-electron chi connectivity index (χ4n) is 2.86. The molecular formula is C18H27N5O. The average Bonchev–Trinajstić information content (AvgIpc) is 2.65. The lowest BCUT2D eigenvalue weighted by molar-refractivity contribution is -0.125. The fourth-order valence-corrected chi connectivity index (χ4v) is 2.86. The normalized spacial score (nSPS) is 16.6. The smallest absolute Gasteiger partial charge is 0.293 e. The van der Waals surface area contributed by atoms with E-state index in [1.165, 1.54) is 12.0 Å². The van der Waals surface area contributed by atoms with Gasteiger partial charge in [-0.25, -0.2) is 0 Å². The van der Waals surface area contributed by atoms with Crippen LogP contribution in [0, 0.1) is 5.92 Å². The molecule has 1 aromatic rings. The van der Waals surface area contributed by atoms with Gasteiger partial charge in [-0.1, -0.05) is 37.6 Å². The molecule has 0 atom stereocenters. The van der Waals surface area contributed by atoms with E-state index in [9.17, 15) is 4.79 Å². The molecule has 0 bridgehead atoms. The van der Waals surface area contributed by atoms with Crippen molar-refractivity contribution in [2.45, 2.75) is 39.5 Å². The summed E-state index contributed by atoms with van der Waals surface area (Å²) in [7, 11) is 1.57. The molecular weight excluding hydrogens is 302 g/mol. The number of aliphatic imine (C=N–C) groups is 1. The van der Waals surface area contributed by atoms with Crippen LogP contribution >= 0.6 is 0 Å². The predicted octanol–water partition coefficient (Wildman–Crippen LogP) is 3.71. The Kier molecular flexibility index (Phi) is 6.90. The van der Waals surface area contributed by atoms with Crippen LogP contribution in [0.1, 0.15) is 38.7 Å². The molecule has 1 aliphatic rings. The number of carbonyl (C=O) groups excluding carboxylic acids is 1. The van der Waals surface area contributed by atoms with E-state index in [0.29, 0.717) is 0 Å². The van der Waals surface area contributed by atoms with Gasteiger partial charge in [0, 0.05) is 20.1 Å². The monoisotopic (exact) mass is 329 g/mol. The summed E-state index contributed by atoms with van der Waals surface area (Å²) in [5, 5.41) is 7.91. The quantitative estimate of drug-likeness (QED) is 0.396. The van der Waals surface area contributed by atoms with E-state index in [1.807, 2.05) is 23.1 Å². The second kappa shape index (κ2) is 9.15. The second-order valence-corrected chi connectivity index (χ2v) is 6.06. The van der Waals surface area contributed by atoms with Gasteiger partial charge >= 0.3 is 0 Å². The van der Waals surface area contributed by atoms with Crippen LogP contribution in [-0.4, -0.2) is 36.8 Å². The number of aryl methyl sites for hydroxylation is 1. The molecule has 2 rings (SSSR count). The van der Waals surface area contributed by atoms with E-state index in [-0.39, 0.29) is 11.7 Å². The van der Waals surface area contributed by atoms with Crippen molar-refractivity contribution in [3.63, 3.8) is 0 Å². The summed E-state index contributed by atoms with van der Waals surface area (Å²) in [4.78, 5) is 18.3. The Balaban J connectivity index is 1.92. The molecule has 6 nitrogen and oxygen atoms in total. The van der Waals surface area contributed by atoms with Gasteiger partial charge in [0.1, 0.15) is 0 Å². The zero-order valence-corrected chi connectivity index (χ0v) is 14.8. The van der Waals surface area contributed by atoms with Crippen molar-refractivity contribution in [3.05, 3.63) is 29.8 Å². The number of piperidine rings is 1. The third-order valence-corrected chi connectivity index (χ3v) is 4.54. The van der Waals surface area contributed by atoms with Gasteiger partial charge < -0.3 is 4.90 Å². The Hall–Kier alpha value is -2.24. The Bertz CT molecular complexity index is 603. The molecule has 1 fully saturated rings. The van der Waals surface area contributed by atoms with Gasteiger partial charge in [-0.3, -0.25) is 15.2 Å². The topological polar surface area (TPSA) is 69.4 Å². The van der Waals surface area contributed by atoms with Gasteiger partial charge in [0.2, 0.25) is 5.84 Å². The predicted molar refractivity (Wildman–Crippen MR) is 97.3 cm³/mol. The maximum absolute atomic E-state index is 12.5. The lowest BCUT2D eigenvalue weighted by atomic mass is 9.94. The minimum absolute atomic E-state index is 0.139. The first-order chi connectivity index (χ1) is 11.7. The summed E-state index contributed by atoms with van der Waals surface area (Å²) in [6.45, 7) is 5.85. The fraction of sp³-hybridized carbons (Fsp3) is 0.556. The van der Waals surface area contributed by atoms with Crippen molar-refractivity contribution in [2.24, 2.45) is 21.2 Å². The van der Waals surface area contributed by atoms with Crippen molar-refractivity contribution in [2.75, 3.05) is 25.6 Å². The Morgan fingerprint density at radius 3 is 2.67 bits per heavy atom. The van der Waals surface area contributed by atoms with Crippen molar-refractivity contribution in [1.82, 2.24) is 4.90 Å². The summed E-state index contributed by atoms with van der Waals surface area (Å²) in [6, 6.07) is 7.96. The van der Waals surface area contributed by atoms with Gasteiger partial charge in [-0.2, -0.15) is 0 Å². The van der Waals surface area contributed by atoms with Crippen LogP contribution in [0.25, 0.3) is 0 Å². The highest BCUT2D eigenvalue weighted by atomic mass is 16.2. The standard InChI is InChI=1S/C18H27N5O/c1-4-14-9-11-23(12-10-14)18(24)17(19-3)21-22-20-16-8-6-7-15(5-2)13-16/h6-8,13-14H,4-5,9-12H2,1-3H3,(H,19,20,21). The summed E-state index contributed by atoms with van der Waals surface area (Å²) >= 11 is 0. The molecule has 0 spiro atoms. The van der Waals surface area contributed by atoms with Crippen molar-refractivity contribution in [3.8, 4) is 0 Å². The van der Waals surface area contributed by atoms with Gasteiger partial charge in [0.15, 0.2) is 0 Å². The number of nitrogens with zero attached hydrogens (tertiary/aromatic N) is 4. The number of rotatable bonds is 4. The highest BCUT2D eigenvalue weighted by Gasteiger charge is 2.24. The van der Waals surface area contributed by atoms with Gasteiger partial charge in [0.05, 0.1) is 5.69 Å². The number of anilines is 1. The van der Waals surface area contributed by atoms with Crippen LogP contribution in [0.4, 0.5) is 5.69 Å². The van der Waals surface area contributed by atoms with Crippen molar-refractivity contribution in [1.29, 1.82) is 0 Å². The van der Waals surface area contributed by atoms with E-state index in [0.717, 1.165) is 44.0 Å². The zero-order valence-electron chi connectivity index (χ0n) is 14.8. The highest BCUT2D eigenvalue weighted by Crippen LogP contribution is 2.20. The third kappa shape index (κ3) is 4.88. The first-order valence-corrected chi connectivity index (χ1v) is 8.69. The maximum Gasteiger partial charge on any atom is 0.293 e. The number of likely N-dealkylation sites (tertiary alicyclic amines) is 1. The molecule has 0 unspecified atom stereocenters. The molecule has 0 aliphatic carbocycles. The molecule has 1 aromatic carbocycles. The Morgan fingerprint density at radius 1 is 1.29 bits per heavy atom. The molecule has 6 heteroatoms. The molecule has 0 aromatic heterocycles. The number of benzene rings is 1. The Morgan fingerprint density at radius 2 is 2.04 bits per heavy atom. The lowest BCUT2D eigenvalue weighted by Crippen LogP contribution is -2.41. The molecule has 0 radical (unpaired) electrons. The number of hydrogen-bond donors (Lipinski definition) is 1. The zero-order chi connectivity index (χ0) is 17.4. The molecule has 1 saturated heterocycles. The number of amidine groups is 1. The number of nitrogens with one attached hydrogen (secondary N) is 1. The molecule has 1 N–H and O–H groups in total. The van der Waals surface area contributed by atoms with E-state index in [2.05, 4.69) is 40.7 Å². The van der Waals surface area contributed by atoms with Crippen LogP contribution in [0.3, 0.4) is 0 Å². The summed E-state index contributed by atoms with van der Waals surface area (Å²) in [5.41, 5.74) is 4.93. The minimum atomic E-state index is -0.139. The average molecular weight is 329 g/mol. The van der Waals surface area contributed by atoms with Crippen LogP contribution in [0.2, 0.25) is 0 Å². The number of hydrogen-bond acceptors (Lipinski definition) is 3. The summed E-state index contributed by atoms with van der Waals surface area (Å²) in [6.07, 6.45) is 4.24. The van der Waals surface area contributed by atoms with E-state index < -0.39 is 0 Å². The van der Waals surface area contributed by atoms with Gasteiger partial charge in [-0.05, 0) is 42.9 Å². The van der Waals surface area contributed by atoms with Crippen LogP contribution < -0.4 is 5.43 Å². The van der Waals surface area contributed by atoms with E-state index >= 15 is 0 Å². The van der Waals surface area contributed by atoms with E-state index in [1.54, 1.807) is 7.05 Å². The molecule has 1 amide bonds. The maximum atomic E-state index is 12.5. The molecule has 130 valence electrons. The molecule has 1 heterocycles.